The van der Waals surface area contributed by atoms with Crippen LogP contribution >= 0.6 is 0 Å². The summed E-state index contributed by atoms with van der Waals surface area (Å²) in [6.07, 6.45) is 8.38. The molecule has 4 saturated carbocycles. The van der Waals surface area contributed by atoms with Gasteiger partial charge in [-0.2, -0.15) is 0 Å². The van der Waals surface area contributed by atoms with Crippen LogP contribution in [0.1, 0.15) is 79.6 Å². The van der Waals surface area contributed by atoms with Gasteiger partial charge in [0.2, 0.25) is 0 Å². The quantitative estimate of drug-likeness (QED) is 0.652. The third-order valence-electron chi connectivity index (χ3n) is 7.64. The van der Waals surface area contributed by atoms with Crippen LogP contribution < -0.4 is 0 Å². The summed E-state index contributed by atoms with van der Waals surface area (Å²) in [5, 5.41) is 0. The Kier molecular flexibility index (Phi) is 4.10. The highest BCUT2D eigenvalue weighted by Crippen LogP contribution is 2.62. The van der Waals surface area contributed by atoms with E-state index in [1.165, 1.54) is 32.1 Å². The van der Waals surface area contributed by atoms with Gasteiger partial charge in [0.15, 0.2) is 0 Å². The molecule has 126 valence electrons. The summed E-state index contributed by atoms with van der Waals surface area (Å²) in [6, 6.07) is 0. The van der Waals surface area contributed by atoms with Gasteiger partial charge in [0.1, 0.15) is 5.60 Å². The van der Waals surface area contributed by atoms with E-state index in [1.54, 1.807) is 0 Å². The summed E-state index contributed by atoms with van der Waals surface area (Å²) in [5.74, 6) is 3.56. The minimum Gasteiger partial charge on any atom is -0.458 e. The SMILES string of the molecule is CCC(C)(CC)C(=O)OC1(C(C)C)C2CC3CC(C2)CC1C3. The number of rotatable bonds is 5. The second kappa shape index (κ2) is 5.53. The molecule has 4 fully saturated rings. The topological polar surface area (TPSA) is 26.3 Å². The van der Waals surface area contributed by atoms with E-state index in [-0.39, 0.29) is 17.0 Å². The predicted molar refractivity (Wildman–Crippen MR) is 89.4 cm³/mol. The molecule has 4 aliphatic rings. The standard InChI is InChI=1S/C20H34O2/c1-6-19(5,7-2)18(21)22-20(13(3)4)16-9-14-8-15(11-16)12-17(20)10-14/h13-17H,6-12H2,1-5H3. The fourth-order valence-corrected chi connectivity index (χ4v) is 5.97. The Labute approximate surface area is 136 Å². The molecule has 0 spiro atoms. The molecule has 4 bridgehead atoms. The molecule has 2 nitrogen and oxygen atoms in total. The van der Waals surface area contributed by atoms with Gasteiger partial charge in [0.25, 0.3) is 0 Å². The molecule has 2 heteroatoms. The molecule has 4 rings (SSSR count). The molecule has 0 unspecified atom stereocenters. The minimum absolute atomic E-state index is 0.0682. The number of hydrogen-bond donors (Lipinski definition) is 0. The number of ether oxygens (including phenoxy) is 1. The van der Waals surface area contributed by atoms with Gasteiger partial charge in [-0.3, -0.25) is 4.79 Å². The molecule has 0 aliphatic heterocycles. The van der Waals surface area contributed by atoms with Crippen LogP contribution in [0.2, 0.25) is 0 Å². The van der Waals surface area contributed by atoms with Crippen molar-refractivity contribution in [1.82, 2.24) is 0 Å². The van der Waals surface area contributed by atoms with E-state index < -0.39 is 0 Å². The average molecular weight is 306 g/mol. The zero-order valence-electron chi connectivity index (χ0n) is 15.2. The van der Waals surface area contributed by atoms with Crippen LogP contribution in [0.25, 0.3) is 0 Å². The molecule has 4 aliphatic carbocycles. The van der Waals surface area contributed by atoms with Crippen molar-refractivity contribution in [3.05, 3.63) is 0 Å². The summed E-state index contributed by atoms with van der Waals surface area (Å²) in [7, 11) is 0. The van der Waals surface area contributed by atoms with Gasteiger partial charge in [0.05, 0.1) is 5.41 Å². The summed E-state index contributed by atoms with van der Waals surface area (Å²) >= 11 is 0. The second-order valence-electron chi connectivity index (χ2n) is 8.97. The van der Waals surface area contributed by atoms with Crippen LogP contribution in [0.5, 0.6) is 0 Å². The fourth-order valence-electron chi connectivity index (χ4n) is 5.97. The highest BCUT2D eigenvalue weighted by molar-refractivity contribution is 5.76. The van der Waals surface area contributed by atoms with E-state index in [2.05, 4.69) is 34.6 Å². The zero-order chi connectivity index (χ0) is 16.1. The van der Waals surface area contributed by atoms with E-state index in [1.807, 2.05) is 0 Å². The first-order valence-corrected chi connectivity index (χ1v) is 9.59. The molecule has 0 aromatic carbocycles. The summed E-state index contributed by atoms with van der Waals surface area (Å²) in [6.45, 7) is 10.9. The Morgan fingerprint density at radius 1 is 1.05 bits per heavy atom. The van der Waals surface area contributed by atoms with Gasteiger partial charge in [-0.25, -0.2) is 0 Å². The first-order valence-electron chi connectivity index (χ1n) is 9.59. The van der Waals surface area contributed by atoms with E-state index in [9.17, 15) is 4.79 Å². The Bertz CT molecular complexity index is 405. The highest BCUT2D eigenvalue weighted by Gasteiger charge is 2.61. The number of hydrogen-bond acceptors (Lipinski definition) is 2. The third kappa shape index (κ3) is 2.24. The summed E-state index contributed by atoms with van der Waals surface area (Å²) in [4.78, 5) is 13.0. The second-order valence-corrected chi connectivity index (χ2v) is 8.97. The van der Waals surface area contributed by atoms with Crippen LogP contribution in [0, 0.1) is 35.0 Å². The van der Waals surface area contributed by atoms with Crippen molar-refractivity contribution in [1.29, 1.82) is 0 Å². The number of carbonyl (C=O) groups is 1. The van der Waals surface area contributed by atoms with E-state index >= 15 is 0 Å². The molecule has 22 heavy (non-hydrogen) atoms. The maximum Gasteiger partial charge on any atom is 0.312 e. The normalized spacial score (nSPS) is 40.3. The minimum atomic E-state index is -0.309. The molecule has 0 aromatic rings. The lowest BCUT2D eigenvalue weighted by Crippen LogP contribution is -2.63. The van der Waals surface area contributed by atoms with Gasteiger partial charge in [0, 0.05) is 0 Å². The monoisotopic (exact) mass is 306 g/mol. The highest BCUT2D eigenvalue weighted by atomic mass is 16.6. The Morgan fingerprint density at radius 3 is 1.86 bits per heavy atom. The Hall–Kier alpha value is -0.530. The van der Waals surface area contributed by atoms with Crippen molar-refractivity contribution in [3.63, 3.8) is 0 Å². The third-order valence-corrected chi connectivity index (χ3v) is 7.64. The molecular formula is C20H34O2. The average Bonchev–Trinajstić information content (AvgIpc) is 2.48. The number of esters is 1. The van der Waals surface area contributed by atoms with Crippen molar-refractivity contribution in [2.45, 2.75) is 85.2 Å². The predicted octanol–water partition coefficient (Wildman–Crippen LogP) is 5.21. The maximum atomic E-state index is 13.0. The molecule has 0 radical (unpaired) electrons. The van der Waals surface area contributed by atoms with Crippen LogP contribution in [-0.2, 0) is 9.53 Å². The van der Waals surface area contributed by atoms with Crippen LogP contribution in [0.15, 0.2) is 0 Å². The first kappa shape index (κ1) is 16.3. The smallest absolute Gasteiger partial charge is 0.312 e. The largest absolute Gasteiger partial charge is 0.458 e. The van der Waals surface area contributed by atoms with Crippen LogP contribution in [0.4, 0.5) is 0 Å². The van der Waals surface area contributed by atoms with Crippen molar-refractivity contribution in [2.75, 3.05) is 0 Å². The Morgan fingerprint density at radius 2 is 1.50 bits per heavy atom. The van der Waals surface area contributed by atoms with Gasteiger partial charge in [-0.05, 0) is 81.5 Å². The Balaban J connectivity index is 1.89. The molecular weight excluding hydrogens is 272 g/mol. The van der Waals surface area contributed by atoms with Crippen LogP contribution in [0.3, 0.4) is 0 Å². The zero-order valence-corrected chi connectivity index (χ0v) is 15.2. The van der Waals surface area contributed by atoms with E-state index in [0.29, 0.717) is 17.8 Å². The van der Waals surface area contributed by atoms with Crippen molar-refractivity contribution in [2.24, 2.45) is 35.0 Å². The molecule has 0 saturated heterocycles. The molecule has 0 heterocycles. The lowest BCUT2D eigenvalue weighted by Gasteiger charge is -2.62. The van der Waals surface area contributed by atoms with E-state index in [0.717, 1.165) is 24.7 Å². The van der Waals surface area contributed by atoms with Gasteiger partial charge in [-0.1, -0.05) is 27.7 Å². The summed E-state index contributed by atoms with van der Waals surface area (Å²) in [5.41, 5.74) is -0.480. The summed E-state index contributed by atoms with van der Waals surface area (Å²) < 4.78 is 6.48. The molecule has 0 aromatic heterocycles. The lowest BCUT2D eigenvalue weighted by atomic mass is 9.47. The molecule has 0 amide bonds. The first-order chi connectivity index (χ1) is 10.4. The van der Waals surface area contributed by atoms with Crippen LogP contribution in [-0.4, -0.2) is 11.6 Å². The van der Waals surface area contributed by atoms with Crippen molar-refractivity contribution in [3.8, 4) is 0 Å². The van der Waals surface area contributed by atoms with Crippen molar-refractivity contribution < 1.29 is 9.53 Å². The fraction of sp³-hybridized carbons (Fsp3) is 0.950. The van der Waals surface area contributed by atoms with Gasteiger partial charge < -0.3 is 4.74 Å². The number of carbonyl (C=O) groups excluding carboxylic acids is 1. The van der Waals surface area contributed by atoms with E-state index in [4.69, 9.17) is 4.74 Å². The van der Waals surface area contributed by atoms with Gasteiger partial charge >= 0.3 is 5.97 Å². The molecule has 0 N–H and O–H groups in total. The van der Waals surface area contributed by atoms with Gasteiger partial charge in [-0.15, -0.1) is 0 Å². The molecule has 0 atom stereocenters. The maximum absolute atomic E-state index is 13.0. The van der Waals surface area contributed by atoms with Crippen molar-refractivity contribution >= 4 is 5.97 Å². The lowest BCUT2D eigenvalue weighted by molar-refractivity contribution is -0.232.